The molecule has 0 unspecified atom stereocenters. The van der Waals surface area contributed by atoms with E-state index < -0.39 is 0 Å². The maximum Gasteiger partial charge on any atom is 0.333 e. The van der Waals surface area contributed by atoms with Crippen molar-refractivity contribution in [2.45, 2.75) is 77.6 Å². The van der Waals surface area contributed by atoms with Gasteiger partial charge in [-0.15, -0.1) is 11.3 Å². The summed E-state index contributed by atoms with van der Waals surface area (Å²) in [5.74, 6) is 0. The van der Waals surface area contributed by atoms with Gasteiger partial charge in [-0.3, -0.25) is 0 Å². The van der Waals surface area contributed by atoms with Gasteiger partial charge in [0.15, 0.2) is 0 Å². The molecule has 0 amide bonds. The Bertz CT molecular complexity index is 3460. The lowest BCUT2D eigenvalue weighted by molar-refractivity contribution is 0.331. The summed E-state index contributed by atoms with van der Waals surface area (Å²) in [6, 6.07) is 60.7. The first kappa shape index (κ1) is 38.1. The summed E-state index contributed by atoms with van der Waals surface area (Å²) in [4.78, 5) is 5.47. The highest BCUT2D eigenvalue weighted by molar-refractivity contribution is 7.26. The standard InChI is InChI=1S/C60H51BN2S/c1-36-17-11-12-20-40(36)39-31-44-41-28-27-38(37-18-9-8-10-19-37)32-51(41)63(50-25-15-22-43-42-21-13-14-26-54(42)64-57(43)50)61-49-24-16-23-45-56(49)62(53(33-39)55(44)61)52-35-47-46(34-48(52)60(45,6)7)58(2,3)29-30-59(47,4)5/h8-28,31-35H,29-30H2,1-7H3. The van der Waals surface area contributed by atoms with Crippen molar-refractivity contribution in [3.63, 3.8) is 0 Å². The second kappa shape index (κ2) is 13.1. The van der Waals surface area contributed by atoms with E-state index >= 15 is 0 Å². The lowest BCUT2D eigenvalue weighted by atomic mass is 9.42. The van der Waals surface area contributed by atoms with E-state index in [4.69, 9.17) is 0 Å². The van der Waals surface area contributed by atoms with Gasteiger partial charge in [0.2, 0.25) is 0 Å². The number of aryl methyl sites for hydroxylation is 1. The van der Waals surface area contributed by atoms with E-state index in [0.717, 1.165) is 0 Å². The minimum Gasteiger partial charge on any atom is -0.375 e. The number of rotatable bonds is 3. The van der Waals surface area contributed by atoms with Crippen molar-refractivity contribution < 1.29 is 0 Å². The zero-order valence-electron chi connectivity index (χ0n) is 37.8. The van der Waals surface area contributed by atoms with Crippen LogP contribution >= 0.6 is 11.3 Å². The highest BCUT2D eigenvalue weighted by atomic mass is 32.1. The predicted octanol–water partition coefficient (Wildman–Crippen LogP) is 15.4. The highest BCUT2D eigenvalue weighted by Gasteiger charge is 2.51. The van der Waals surface area contributed by atoms with Gasteiger partial charge >= 0.3 is 6.85 Å². The average molecular weight is 843 g/mol. The van der Waals surface area contributed by atoms with Crippen LogP contribution in [0.5, 0.6) is 0 Å². The number of benzene rings is 8. The van der Waals surface area contributed by atoms with E-state index in [0.29, 0.717) is 0 Å². The van der Waals surface area contributed by atoms with E-state index in [2.05, 4.69) is 216 Å². The molecule has 0 N–H and O–H groups in total. The van der Waals surface area contributed by atoms with E-state index in [1.807, 2.05) is 11.3 Å². The molecular weight excluding hydrogens is 792 g/mol. The zero-order valence-corrected chi connectivity index (χ0v) is 38.6. The molecule has 0 fully saturated rings. The maximum absolute atomic E-state index is 2.74. The summed E-state index contributed by atoms with van der Waals surface area (Å²) in [5, 5.41) is 2.64. The van der Waals surface area contributed by atoms with Crippen molar-refractivity contribution >= 4 is 77.7 Å². The van der Waals surface area contributed by atoms with Crippen molar-refractivity contribution in [3.05, 3.63) is 186 Å². The third-order valence-electron chi connectivity index (χ3n) is 15.8. The Labute approximate surface area is 381 Å². The van der Waals surface area contributed by atoms with Crippen molar-refractivity contribution in [1.82, 2.24) is 0 Å². The Morgan fingerprint density at radius 2 is 1.19 bits per heavy atom. The third-order valence-corrected chi connectivity index (χ3v) is 17.0. The quantitative estimate of drug-likeness (QED) is 0.164. The van der Waals surface area contributed by atoms with Crippen molar-refractivity contribution in [1.29, 1.82) is 0 Å². The van der Waals surface area contributed by atoms with Crippen LogP contribution in [0.2, 0.25) is 0 Å². The van der Waals surface area contributed by atoms with Gasteiger partial charge < -0.3 is 9.71 Å². The number of nitrogens with zero attached hydrogens (tertiary/aromatic N) is 2. The van der Waals surface area contributed by atoms with Crippen LogP contribution in [0.4, 0.5) is 28.4 Å². The van der Waals surface area contributed by atoms with Gasteiger partial charge in [0.25, 0.3) is 0 Å². The molecule has 9 aromatic rings. The summed E-state index contributed by atoms with van der Waals surface area (Å²) < 4.78 is 2.65. The molecule has 0 bridgehead atoms. The molecule has 64 heavy (non-hydrogen) atoms. The molecule has 4 heteroatoms. The lowest BCUT2D eigenvalue weighted by Crippen LogP contribution is -2.62. The normalized spacial score (nSPS) is 16.8. The molecule has 0 atom stereocenters. The molecule has 0 saturated heterocycles. The van der Waals surface area contributed by atoms with Gasteiger partial charge in [-0.1, -0.05) is 163 Å². The highest BCUT2D eigenvalue weighted by Crippen LogP contribution is 2.59. The first-order valence-corrected chi connectivity index (χ1v) is 24.0. The summed E-state index contributed by atoms with van der Waals surface area (Å²) in [7, 11) is 0. The fourth-order valence-corrected chi connectivity index (χ4v) is 13.5. The second-order valence-corrected chi connectivity index (χ2v) is 21.8. The van der Waals surface area contributed by atoms with Crippen molar-refractivity contribution in [2.24, 2.45) is 0 Å². The van der Waals surface area contributed by atoms with Gasteiger partial charge in [-0.05, 0) is 134 Å². The van der Waals surface area contributed by atoms with Gasteiger partial charge in [0, 0.05) is 49.2 Å². The van der Waals surface area contributed by atoms with E-state index in [1.54, 1.807) is 0 Å². The molecule has 3 aliphatic heterocycles. The Morgan fingerprint density at radius 1 is 0.484 bits per heavy atom. The first-order chi connectivity index (χ1) is 30.9. The number of hydrogen-bond donors (Lipinski definition) is 0. The molecule has 4 heterocycles. The van der Waals surface area contributed by atoms with Gasteiger partial charge in [-0.2, -0.15) is 0 Å². The van der Waals surface area contributed by atoms with Crippen molar-refractivity contribution in [2.75, 3.05) is 9.71 Å². The molecule has 8 aromatic carbocycles. The number of para-hydroxylation sites is 1. The second-order valence-electron chi connectivity index (χ2n) is 20.8. The van der Waals surface area contributed by atoms with Crippen LogP contribution in [0.15, 0.2) is 158 Å². The number of hydrogen-bond acceptors (Lipinski definition) is 3. The lowest BCUT2D eigenvalue weighted by Gasteiger charge is -2.52. The van der Waals surface area contributed by atoms with E-state index in [1.165, 1.54) is 134 Å². The van der Waals surface area contributed by atoms with Gasteiger partial charge in [0.05, 0.1) is 10.4 Å². The fraction of sp³-hybridized carbons (Fsp3) is 0.200. The fourth-order valence-electron chi connectivity index (χ4n) is 12.2. The summed E-state index contributed by atoms with van der Waals surface area (Å²) in [6.45, 7) is 17.0. The SMILES string of the molecule is Cc1ccccc1-c1cc2c3c(c1)N1c4cc5c(cc4C(C)(C)c4cccc(c41)B3N(c1cccc3c1sc1ccccc13)c1cc(-c3ccccc3)ccc1-2)C(C)(C)CCC5(C)C. The monoisotopic (exact) mass is 842 g/mol. The topological polar surface area (TPSA) is 6.48 Å². The van der Waals surface area contributed by atoms with Crippen LogP contribution < -0.4 is 20.6 Å². The number of fused-ring (bicyclic) bond motifs is 10. The molecule has 0 radical (unpaired) electrons. The van der Waals surface area contributed by atoms with Crippen LogP contribution in [-0.4, -0.2) is 6.85 Å². The van der Waals surface area contributed by atoms with Crippen LogP contribution in [0.1, 0.15) is 82.2 Å². The molecule has 1 aliphatic carbocycles. The molecule has 2 nitrogen and oxygen atoms in total. The smallest absolute Gasteiger partial charge is 0.333 e. The van der Waals surface area contributed by atoms with E-state index in [9.17, 15) is 0 Å². The minimum absolute atomic E-state index is 0.0691. The van der Waals surface area contributed by atoms with Gasteiger partial charge in [-0.25, -0.2) is 0 Å². The molecule has 1 aromatic heterocycles. The Hall–Kier alpha value is -6.36. The molecule has 0 saturated carbocycles. The third kappa shape index (κ3) is 5.15. The van der Waals surface area contributed by atoms with E-state index in [-0.39, 0.29) is 23.1 Å². The van der Waals surface area contributed by atoms with Crippen LogP contribution in [0.25, 0.3) is 53.6 Å². The molecule has 0 spiro atoms. The Morgan fingerprint density at radius 3 is 2.00 bits per heavy atom. The zero-order chi connectivity index (χ0) is 43.4. The molecule has 4 aliphatic rings. The first-order valence-electron chi connectivity index (χ1n) is 23.2. The summed E-state index contributed by atoms with van der Waals surface area (Å²) in [6.07, 6.45) is 2.37. The van der Waals surface area contributed by atoms with Crippen molar-refractivity contribution in [3.8, 4) is 33.4 Å². The largest absolute Gasteiger partial charge is 0.375 e. The molecule has 13 rings (SSSR count). The summed E-state index contributed by atoms with van der Waals surface area (Å²) >= 11 is 1.93. The summed E-state index contributed by atoms with van der Waals surface area (Å²) in [5.41, 5.74) is 23.8. The number of anilines is 5. The molecular formula is C60H51BN2S. The molecule has 310 valence electrons. The predicted molar refractivity (Wildman–Crippen MR) is 276 cm³/mol. The Kier molecular flexibility index (Phi) is 7.81. The van der Waals surface area contributed by atoms with Crippen LogP contribution in [0, 0.1) is 6.92 Å². The van der Waals surface area contributed by atoms with Crippen LogP contribution in [0.3, 0.4) is 0 Å². The number of thiophene rings is 1. The maximum atomic E-state index is 2.74. The van der Waals surface area contributed by atoms with Gasteiger partial charge in [0.1, 0.15) is 0 Å². The van der Waals surface area contributed by atoms with Crippen LogP contribution in [-0.2, 0) is 16.2 Å². The average Bonchev–Trinajstić information content (AvgIpc) is 3.69. The minimum atomic E-state index is -0.235. The Balaban J connectivity index is 1.18.